The second-order valence-corrected chi connectivity index (χ2v) is 4.35. The van der Waals surface area contributed by atoms with E-state index in [1.54, 1.807) is 18.3 Å². The Balaban J connectivity index is 1.73. The van der Waals surface area contributed by atoms with Gasteiger partial charge in [0.15, 0.2) is 0 Å². The van der Waals surface area contributed by atoms with Crippen LogP contribution < -0.4 is 5.32 Å². The van der Waals surface area contributed by atoms with Crippen LogP contribution in [0.5, 0.6) is 0 Å². The highest BCUT2D eigenvalue weighted by molar-refractivity contribution is 5.19. The maximum atomic E-state index is 13.1. The summed E-state index contributed by atoms with van der Waals surface area (Å²) in [4.78, 5) is 0. The molecule has 1 aromatic carbocycles. The topological polar surface area (TPSA) is 29.9 Å². The summed E-state index contributed by atoms with van der Waals surface area (Å²) in [6, 6.07) is 8.81. The first-order chi connectivity index (χ1) is 8.75. The summed E-state index contributed by atoms with van der Waals surface area (Å²) in [7, 11) is 0. The SMILES string of the molecule is C[C@@H](NCCCn1cccn1)c1cccc(F)c1. The first-order valence-electron chi connectivity index (χ1n) is 6.22. The Morgan fingerprint density at radius 1 is 1.39 bits per heavy atom. The molecule has 0 unspecified atom stereocenters. The van der Waals surface area contributed by atoms with Crippen LogP contribution in [0.3, 0.4) is 0 Å². The average molecular weight is 247 g/mol. The van der Waals surface area contributed by atoms with Gasteiger partial charge in [0.05, 0.1) is 0 Å². The van der Waals surface area contributed by atoms with E-state index in [1.165, 1.54) is 6.07 Å². The Hall–Kier alpha value is -1.68. The highest BCUT2D eigenvalue weighted by Crippen LogP contribution is 2.13. The van der Waals surface area contributed by atoms with Crippen molar-refractivity contribution in [2.24, 2.45) is 0 Å². The van der Waals surface area contributed by atoms with Crippen LogP contribution in [0, 0.1) is 5.82 Å². The van der Waals surface area contributed by atoms with Crippen LogP contribution in [-0.2, 0) is 6.54 Å². The molecule has 0 radical (unpaired) electrons. The number of benzene rings is 1. The number of aromatic nitrogens is 2. The molecule has 2 rings (SSSR count). The van der Waals surface area contributed by atoms with Gasteiger partial charge in [0, 0.05) is 25.0 Å². The van der Waals surface area contributed by atoms with E-state index in [4.69, 9.17) is 0 Å². The summed E-state index contributed by atoms with van der Waals surface area (Å²) in [5.41, 5.74) is 0.981. The molecular weight excluding hydrogens is 229 g/mol. The predicted molar refractivity (Wildman–Crippen MR) is 69.7 cm³/mol. The summed E-state index contributed by atoms with van der Waals surface area (Å²) < 4.78 is 15.0. The van der Waals surface area contributed by atoms with Crippen molar-refractivity contribution >= 4 is 0 Å². The Morgan fingerprint density at radius 3 is 3.00 bits per heavy atom. The van der Waals surface area contributed by atoms with E-state index in [1.807, 2.05) is 29.9 Å². The number of nitrogens with zero attached hydrogens (tertiary/aromatic N) is 2. The molecule has 2 aromatic rings. The molecule has 0 saturated heterocycles. The minimum atomic E-state index is -0.183. The van der Waals surface area contributed by atoms with Gasteiger partial charge in [-0.15, -0.1) is 0 Å². The normalized spacial score (nSPS) is 12.6. The van der Waals surface area contributed by atoms with Gasteiger partial charge in [-0.05, 0) is 43.7 Å². The zero-order valence-electron chi connectivity index (χ0n) is 10.5. The molecule has 1 aromatic heterocycles. The molecule has 0 fully saturated rings. The van der Waals surface area contributed by atoms with Crippen molar-refractivity contribution in [3.05, 3.63) is 54.1 Å². The molecule has 0 amide bonds. The predicted octanol–water partition coefficient (Wildman–Crippen LogP) is 2.76. The van der Waals surface area contributed by atoms with E-state index >= 15 is 0 Å². The summed E-state index contributed by atoms with van der Waals surface area (Å²) >= 11 is 0. The molecule has 0 saturated carbocycles. The zero-order valence-corrected chi connectivity index (χ0v) is 10.5. The summed E-state index contributed by atoms with van der Waals surface area (Å²) in [6.45, 7) is 3.83. The molecule has 0 aliphatic rings. The minimum Gasteiger partial charge on any atom is -0.310 e. The fourth-order valence-electron chi connectivity index (χ4n) is 1.89. The lowest BCUT2D eigenvalue weighted by Gasteiger charge is -2.14. The number of aryl methyl sites for hydroxylation is 1. The standard InChI is InChI=1S/C14H18FN3/c1-12(13-5-2-6-14(15)11-13)16-7-3-9-18-10-4-8-17-18/h2,4-6,8,10-12,16H,3,7,9H2,1H3/t12-/m1/s1. The minimum absolute atomic E-state index is 0.165. The average Bonchev–Trinajstić information content (AvgIpc) is 2.87. The van der Waals surface area contributed by atoms with Gasteiger partial charge in [-0.3, -0.25) is 4.68 Å². The first kappa shape index (κ1) is 12.8. The summed E-state index contributed by atoms with van der Waals surface area (Å²) in [5.74, 6) is -0.183. The summed E-state index contributed by atoms with van der Waals surface area (Å²) in [6.07, 6.45) is 4.74. The van der Waals surface area contributed by atoms with Crippen molar-refractivity contribution in [2.75, 3.05) is 6.54 Å². The molecule has 0 spiro atoms. The second-order valence-electron chi connectivity index (χ2n) is 4.35. The number of halogens is 1. The van der Waals surface area contributed by atoms with Crippen molar-refractivity contribution in [1.82, 2.24) is 15.1 Å². The lowest BCUT2D eigenvalue weighted by atomic mass is 10.1. The van der Waals surface area contributed by atoms with Crippen LogP contribution in [0.15, 0.2) is 42.7 Å². The van der Waals surface area contributed by atoms with Gasteiger partial charge in [0.2, 0.25) is 0 Å². The van der Waals surface area contributed by atoms with Gasteiger partial charge in [0.1, 0.15) is 5.82 Å². The van der Waals surface area contributed by atoms with E-state index in [0.29, 0.717) is 0 Å². The van der Waals surface area contributed by atoms with Gasteiger partial charge in [-0.2, -0.15) is 5.10 Å². The molecule has 3 nitrogen and oxygen atoms in total. The fourth-order valence-corrected chi connectivity index (χ4v) is 1.89. The van der Waals surface area contributed by atoms with Crippen molar-refractivity contribution < 1.29 is 4.39 Å². The molecule has 0 aliphatic heterocycles. The third-order valence-electron chi connectivity index (χ3n) is 2.92. The number of hydrogen-bond acceptors (Lipinski definition) is 2. The Kier molecular flexibility index (Phi) is 4.47. The van der Waals surface area contributed by atoms with Crippen molar-refractivity contribution in [1.29, 1.82) is 0 Å². The molecular formula is C14H18FN3. The van der Waals surface area contributed by atoms with Crippen LogP contribution in [0.1, 0.15) is 24.9 Å². The maximum Gasteiger partial charge on any atom is 0.123 e. The molecule has 0 bridgehead atoms. The molecule has 0 aliphatic carbocycles. The maximum absolute atomic E-state index is 13.1. The van der Waals surface area contributed by atoms with Crippen LogP contribution >= 0.6 is 0 Å². The van der Waals surface area contributed by atoms with Gasteiger partial charge in [-0.1, -0.05) is 12.1 Å². The Morgan fingerprint density at radius 2 is 2.28 bits per heavy atom. The number of hydrogen-bond donors (Lipinski definition) is 1. The lowest BCUT2D eigenvalue weighted by molar-refractivity contribution is 0.505. The van der Waals surface area contributed by atoms with Gasteiger partial charge < -0.3 is 5.32 Å². The second kappa shape index (κ2) is 6.31. The Labute approximate surface area is 107 Å². The lowest BCUT2D eigenvalue weighted by Crippen LogP contribution is -2.21. The molecule has 4 heteroatoms. The van der Waals surface area contributed by atoms with Gasteiger partial charge >= 0.3 is 0 Å². The van der Waals surface area contributed by atoms with Crippen LogP contribution in [-0.4, -0.2) is 16.3 Å². The third-order valence-corrected chi connectivity index (χ3v) is 2.92. The van der Waals surface area contributed by atoms with E-state index in [2.05, 4.69) is 10.4 Å². The zero-order chi connectivity index (χ0) is 12.8. The van der Waals surface area contributed by atoms with Crippen molar-refractivity contribution in [3.8, 4) is 0 Å². The molecule has 1 heterocycles. The summed E-state index contributed by atoms with van der Waals surface area (Å²) in [5, 5.41) is 7.52. The third kappa shape index (κ3) is 3.67. The molecule has 1 atom stereocenters. The van der Waals surface area contributed by atoms with Crippen molar-refractivity contribution in [3.63, 3.8) is 0 Å². The Bertz CT molecular complexity index is 468. The van der Waals surface area contributed by atoms with Crippen LogP contribution in [0.25, 0.3) is 0 Å². The van der Waals surface area contributed by atoms with Crippen LogP contribution in [0.2, 0.25) is 0 Å². The molecule has 18 heavy (non-hydrogen) atoms. The van der Waals surface area contributed by atoms with Gasteiger partial charge in [-0.25, -0.2) is 4.39 Å². The highest BCUT2D eigenvalue weighted by atomic mass is 19.1. The van der Waals surface area contributed by atoms with E-state index in [9.17, 15) is 4.39 Å². The van der Waals surface area contributed by atoms with E-state index in [0.717, 1.165) is 25.1 Å². The number of rotatable bonds is 6. The van der Waals surface area contributed by atoms with Crippen molar-refractivity contribution in [2.45, 2.75) is 25.9 Å². The van der Waals surface area contributed by atoms with E-state index < -0.39 is 0 Å². The quantitative estimate of drug-likeness (QED) is 0.795. The fraction of sp³-hybridized carbons (Fsp3) is 0.357. The number of nitrogens with one attached hydrogen (secondary N) is 1. The highest BCUT2D eigenvalue weighted by Gasteiger charge is 2.04. The molecule has 96 valence electrons. The monoisotopic (exact) mass is 247 g/mol. The van der Waals surface area contributed by atoms with Gasteiger partial charge in [0.25, 0.3) is 0 Å². The van der Waals surface area contributed by atoms with E-state index in [-0.39, 0.29) is 11.9 Å². The smallest absolute Gasteiger partial charge is 0.123 e. The first-order valence-corrected chi connectivity index (χ1v) is 6.22. The van der Waals surface area contributed by atoms with Crippen LogP contribution in [0.4, 0.5) is 4.39 Å². The largest absolute Gasteiger partial charge is 0.310 e. The molecule has 1 N–H and O–H groups in total.